The van der Waals surface area contributed by atoms with Crippen LogP contribution < -0.4 is 10.1 Å². The van der Waals surface area contributed by atoms with Crippen molar-refractivity contribution < 1.29 is 19.1 Å². The molecule has 0 radical (unpaired) electrons. The number of hydrogen-bond acceptors (Lipinski definition) is 5. The molecule has 1 aromatic heterocycles. The number of H-pyrrole nitrogens is 1. The first-order valence-electron chi connectivity index (χ1n) is 12.7. The zero-order valence-corrected chi connectivity index (χ0v) is 20.1. The van der Waals surface area contributed by atoms with E-state index in [9.17, 15) is 19.6 Å². The van der Waals surface area contributed by atoms with Crippen LogP contribution >= 0.6 is 0 Å². The van der Waals surface area contributed by atoms with Crippen LogP contribution in [0.4, 0.5) is 0 Å². The van der Waals surface area contributed by atoms with E-state index in [1.54, 1.807) is 18.1 Å². The molecule has 184 valence electrons. The second-order valence-electron chi connectivity index (χ2n) is 10.2. The van der Waals surface area contributed by atoms with Crippen molar-refractivity contribution in [2.45, 2.75) is 63.5 Å². The fourth-order valence-electron chi connectivity index (χ4n) is 6.42. The highest BCUT2D eigenvalue weighted by molar-refractivity contribution is 6.02. The summed E-state index contributed by atoms with van der Waals surface area (Å²) in [5.74, 6) is 0.580. The van der Waals surface area contributed by atoms with Gasteiger partial charge >= 0.3 is 0 Å². The number of methoxy groups -OCH3 is 1. The third-order valence-electron chi connectivity index (χ3n) is 8.17. The average molecular weight is 477 g/mol. The molecule has 8 nitrogen and oxygen atoms in total. The quantitative estimate of drug-likeness (QED) is 0.661. The molecule has 3 aliphatic rings. The molecular formula is C27H32N4O4. The number of aromatic nitrogens is 1. The molecule has 2 saturated carbocycles. The molecule has 2 aromatic rings. The Morgan fingerprint density at radius 3 is 2.89 bits per heavy atom. The number of carbonyl (C=O) groups is 3. The van der Waals surface area contributed by atoms with Gasteiger partial charge < -0.3 is 19.9 Å². The summed E-state index contributed by atoms with van der Waals surface area (Å²) in [6, 6.07) is 8.22. The Morgan fingerprint density at radius 1 is 1.26 bits per heavy atom. The van der Waals surface area contributed by atoms with Crippen molar-refractivity contribution >= 4 is 28.5 Å². The standard InChI is InChI=1S/C27H32N4O4/c1-35-24-11-5-9-21-20(24)13-22(30-21)27(34)31-15-17-7-4-8-19(17)25(31)26(33)29-18(14-28)12-16-6-2-3-10-23(16)32/h5,9,11,13,16-19,25,30H,2-4,6-8,10,12,15H2,1H3,(H,29,33)/t16?,17-,18-,19-,25-/m0/s1. The minimum atomic E-state index is -0.732. The van der Waals surface area contributed by atoms with E-state index in [-0.39, 0.29) is 35.4 Å². The molecule has 5 rings (SSSR count). The van der Waals surface area contributed by atoms with Crippen LogP contribution in [0.5, 0.6) is 5.75 Å². The number of amides is 2. The van der Waals surface area contributed by atoms with Crippen molar-refractivity contribution in [2.24, 2.45) is 17.8 Å². The van der Waals surface area contributed by atoms with Crippen molar-refractivity contribution in [3.8, 4) is 11.8 Å². The molecule has 2 N–H and O–H groups in total. The van der Waals surface area contributed by atoms with Crippen molar-refractivity contribution in [2.75, 3.05) is 13.7 Å². The Kier molecular flexibility index (Phi) is 6.50. The minimum Gasteiger partial charge on any atom is -0.496 e. The minimum absolute atomic E-state index is 0.0912. The van der Waals surface area contributed by atoms with Gasteiger partial charge in [0.05, 0.1) is 13.2 Å². The van der Waals surface area contributed by atoms with Crippen LogP contribution in [0.15, 0.2) is 24.3 Å². The molecule has 1 aliphatic heterocycles. The second kappa shape index (κ2) is 9.73. The molecule has 0 bridgehead atoms. The summed E-state index contributed by atoms with van der Waals surface area (Å²) in [4.78, 5) is 44.3. The normalized spacial score (nSPS) is 26.9. The predicted octanol–water partition coefficient (Wildman–Crippen LogP) is 3.57. The number of ketones is 1. The van der Waals surface area contributed by atoms with Gasteiger partial charge in [0.1, 0.15) is 29.3 Å². The molecule has 2 amide bonds. The number of hydrogen-bond donors (Lipinski definition) is 2. The number of rotatable bonds is 6. The van der Waals surface area contributed by atoms with Gasteiger partial charge in [-0.25, -0.2) is 0 Å². The number of ether oxygens (including phenoxy) is 1. The summed E-state index contributed by atoms with van der Waals surface area (Å²) < 4.78 is 5.43. The van der Waals surface area contributed by atoms with Gasteiger partial charge in [-0.15, -0.1) is 0 Å². The predicted molar refractivity (Wildman–Crippen MR) is 130 cm³/mol. The van der Waals surface area contributed by atoms with Crippen LogP contribution in [0.1, 0.15) is 61.9 Å². The third-order valence-corrected chi connectivity index (χ3v) is 8.17. The molecule has 1 unspecified atom stereocenters. The van der Waals surface area contributed by atoms with Gasteiger partial charge in [0.15, 0.2) is 0 Å². The van der Waals surface area contributed by atoms with Crippen LogP contribution in [-0.2, 0) is 9.59 Å². The third kappa shape index (κ3) is 4.40. The number of nitriles is 1. The highest BCUT2D eigenvalue weighted by atomic mass is 16.5. The van der Waals surface area contributed by atoms with E-state index >= 15 is 0 Å². The molecule has 8 heteroatoms. The lowest BCUT2D eigenvalue weighted by atomic mass is 9.83. The first-order valence-corrected chi connectivity index (χ1v) is 12.7. The van der Waals surface area contributed by atoms with E-state index in [0.29, 0.717) is 30.8 Å². The lowest BCUT2D eigenvalue weighted by molar-refractivity contribution is -0.128. The summed E-state index contributed by atoms with van der Waals surface area (Å²) in [6.45, 7) is 0.534. The fourth-order valence-corrected chi connectivity index (χ4v) is 6.42. The van der Waals surface area contributed by atoms with E-state index in [1.807, 2.05) is 18.2 Å². The molecule has 3 fully saturated rings. The highest BCUT2D eigenvalue weighted by Crippen LogP contribution is 2.43. The largest absolute Gasteiger partial charge is 0.496 e. The summed E-state index contributed by atoms with van der Waals surface area (Å²) in [6.07, 6.45) is 6.49. The van der Waals surface area contributed by atoms with Crippen molar-refractivity contribution in [1.29, 1.82) is 5.26 Å². The van der Waals surface area contributed by atoms with Gasteiger partial charge in [-0.2, -0.15) is 5.26 Å². The molecule has 35 heavy (non-hydrogen) atoms. The first-order chi connectivity index (χ1) is 17.0. The Morgan fingerprint density at radius 2 is 2.11 bits per heavy atom. The number of aromatic amines is 1. The second-order valence-corrected chi connectivity index (χ2v) is 10.2. The molecule has 2 heterocycles. The van der Waals surface area contributed by atoms with Gasteiger partial charge in [-0.3, -0.25) is 14.4 Å². The number of nitrogens with one attached hydrogen (secondary N) is 2. The molecule has 1 aromatic carbocycles. The Hall–Kier alpha value is -3.34. The molecule has 2 aliphatic carbocycles. The lowest BCUT2D eigenvalue weighted by Crippen LogP contribution is -2.51. The van der Waals surface area contributed by atoms with Gasteiger partial charge in [0.2, 0.25) is 5.91 Å². The van der Waals surface area contributed by atoms with Crippen LogP contribution in [0.3, 0.4) is 0 Å². The molecule has 0 spiro atoms. The van der Waals surface area contributed by atoms with Gasteiger partial charge in [0, 0.05) is 29.8 Å². The van der Waals surface area contributed by atoms with Crippen LogP contribution in [0.2, 0.25) is 0 Å². The zero-order chi connectivity index (χ0) is 24.5. The highest BCUT2D eigenvalue weighted by Gasteiger charge is 2.50. The topological polar surface area (TPSA) is 115 Å². The van der Waals surface area contributed by atoms with E-state index < -0.39 is 12.1 Å². The monoisotopic (exact) mass is 476 g/mol. The van der Waals surface area contributed by atoms with Crippen LogP contribution in [0.25, 0.3) is 10.9 Å². The first kappa shape index (κ1) is 23.4. The van der Waals surface area contributed by atoms with E-state index in [2.05, 4.69) is 16.4 Å². The van der Waals surface area contributed by atoms with E-state index in [1.165, 1.54) is 0 Å². The average Bonchev–Trinajstić information content (AvgIpc) is 3.58. The maximum Gasteiger partial charge on any atom is 0.271 e. The number of benzene rings is 1. The molecule has 5 atom stereocenters. The number of carbonyl (C=O) groups excluding carboxylic acids is 3. The Bertz CT molecular complexity index is 1180. The maximum atomic E-state index is 13.6. The SMILES string of the molecule is COc1cccc2[nH]c(C(=O)N3C[C@@H]4CCC[C@@H]4[C@H]3C(=O)N[C@H](C#N)CC3CCCCC3=O)cc12. The number of fused-ring (bicyclic) bond motifs is 2. The Balaban J connectivity index is 1.36. The van der Waals surface area contributed by atoms with Gasteiger partial charge in [-0.05, 0) is 62.1 Å². The van der Waals surface area contributed by atoms with E-state index in [4.69, 9.17) is 4.74 Å². The summed E-state index contributed by atoms with van der Waals surface area (Å²) >= 11 is 0. The zero-order valence-electron chi connectivity index (χ0n) is 20.1. The van der Waals surface area contributed by atoms with Crippen LogP contribution in [0, 0.1) is 29.1 Å². The molecule has 1 saturated heterocycles. The maximum absolute atomic E-state index is 13.6. The van der Waals surface area contributed by atoms with Gasteiger partial charge in [0.25, 0.3) is 5.91 Å². The van der Waals surface area contributed by atoms with Crippen molar-refractivity contribution in [1.82, 2.24) is 15.2 Å². The summed E-state index contributed by atoms with van der Waals surface area (Å²) in [5, 5.41) is 13.4. The van der Waals surface area contributed by atoms with Crippen LogP contribution in [-0.4, -0.2) is 53.2 Å². The number of likely N-dealkylation sites (tertiary alicyclic amines) is 1. The van der Waals surface area contributed by atoms with Gasteiger partial charge in [-0.1, -0.05) is 18.9 Å². The molecular weight excluding hydrogens is 444 g/mol. The van der Waals surface area contributed by atoms with Crippen molar-refractivity contribution in [3.63, 3.8) is 0 Å². The number of nitrogens with zero attached hydrogens (tertiary/aromatic N) is 2. The fraction of sp³-hybridized carbons (Fsp3) is 0.556. The van der Waals surface area contributed by atoms with Crippen molar-refractivity contribution in [3.05, 3.63) is 30.0 Å². The smallest absolute Gasteiger partial charge is 0.271 e. The summed E-state index contributed by atoms with van der Waals surface area (Å²) in [7, 11) is 1.60. The lowest BCUT2D eigenvalue weighted by Gasteiger charge is -2.28. The Labute approximate surface area is 205 Å². The van der Waals surface area contributed by atoms with E-state index in [0.717, 1.165) is 49.4 Å². The number of Topliss-reactive ketones (excluding diaryl/α,β-unsaturated/α-hetero) is 1. The summed E-state index contributed by atoms with van der Waals surface area (Å²) in [5.41, 5.74) is 1.22.